The predicted octanol–water partition coefficient (Wildman–Crippen LogP) is 2.36. The Balaban J connectivity index is 2.08. The van der Waals surface area contributed by atoms with Gasteiger partial charge in [-0.25, -0.2) is 18.2 Å². The van der Waals surface area contributed by atoms with E-state index in [1.54, 1.807) is 25.1 Å². The molecule has 1 heterocycles. The van der Waals surface area contributed by atoms with Gasteiger partial charge in [0.1, 0.15) is 5.82 Å². The summed E-state index contributed by atoms with van der Waals surface area (Å²) < 4.78 is 29.5. The van der Waals surface area contributed by atoms with Crippen molar-refractivity contribution in [3.63, 3.8) is 0 Å². The molecule has 2 N–H and O–H groups in total. The third-order valence-electron chi connectivity index (χ3n) is 2.83. The number of nitrogens with zero attached hydrogens (tertiary/aromatic N) is 1. The standard InChI is InChI=1S/C15H15N3O4S2/c1-2-22-15(19)18-14(23)17-13-9-8-12(10-16-13)24(20,21)11-6-4-3-5-7-11/h3-10H,2H2,1H3,(H2,16,17,18,19,23). The molecule has 9 heteroatoms. The highest BCUT2D eigenvalue weighted by Gasteiger charge is 2.17. The van der Waals surface area contributed by atoms with Gasteiger partial charge in [-0.05, 0) is 43.4 Å². The van der Waals surface area contributed by atoms with Crippen LogP contribution in [0.5, 0.6) is 0 Å². The number of anilines is 1. The number of benzene rings is 1. The second-order valence-corrected chi connectivity index (χ2v) is 6.85. The molecule has 0 fully saturated rings. The van der Waals surface area contributed by atoms with E-state index in [1.165, 1.54) is 30.5 Å². The third kappa shape index (κ3) is 4.49. The Kier molecular flexibility index (Phi) is 5.83. The second-order valence-electron chi connectivity index (χ2n) is 4.50. The minimum Gasteiger partial charge on any atom is -0.450 e. The molecule has 2 rings (SSSR count). The van der Waals surface area contributed by atoms with Crippen LogP contribution in [0.4, 0.5) is 10.6 Å². The number of nitrogens with one attached hydrogen (secondary N) is 2. The fourth-order valence-corrected chi connectivity index (χ4v) is 3.17. The number of carbonyl (C=O) groups is 1. The van der Waals surface area contributed by atoms with E-state index in [-0.39, 0.29) is 21.5 Å². The molecule has 0 unspecified atom stereocenters. The van der Waals surface area contributed by atoms with Gasteiger partial charge in [-0.1, -0.05) is 18.2 Å². The van der Waals surface area contributed by atoms with Crippen LogP contribution in [-0.2, 0) is 14.6 Å². The van der Waals surface area contributed by atoms with Crippen molar-refractivity contribution in [3.8, 4) is 0 Å². The number of aromatic nitrogens is 1. The third-order valence-corrected chi connectivity index (χ3v) is 4.79. The number of hydrogen-bond donors (Lipinski definition) is 2. The maximum atomic E-state index is 12.4. The van der Waals surface area contributed by atoms with Gasteiger partial charge in [0.15, 0.2) is 5.11 Å². The largest absolute Gasteiger partial charge is 0.450 e. The van der Waals surface area contributed by atoms with Gasteiger partial charge < -0.3 is 10.1 Å². The molecule has 24 heavy (non-hydrogen) atoms. The zero-order valence-electron chi connectivity index (χ0n) is 12.7. The van der Waals surface area contributed by atoms with Gasteiger partial charge in [0, 0.05) is 6.20 Å². The SMILES string of the molecule is CCOC(=O)NC(=S)Nc1ccc(S(=O)(=O)c2ccccc2)cn1. The van der Waals surface area contributed by atoms with Crippen molar-refractivity contribution in [1.82, 2.24) is 10.3 Å². The van der Waals surface area contributed by atoms with Crippen LogP contribution in [-0.4, -0.2) is 31.2 Å². The van der Waals surface area contributed by atoms with Crippen LogP contribution in [0.2, 0.25) is 0 Å². The van der Waals surface area contributed by atoms with Crippen molar-refractivity contribution in [2.75, 3.05) is 11.9 Å². The Morgan fingerprint density at radius 3 is 2.46 bits per heavy atom. The van der Waals surface area contributed by atoms with E-state index in [9.17, 15) is 13.2 Å². The molecule has 7 nitrogen and oxygen atoms in total. The maximum Gasteiger partial charge on any atom is 0.413 e. The highest BCUT2D eigenvalue weighted by molar-refractivity contribution is 7.91. The van der Waals surface area contributed by atoms with Crippen LogP contribution in [0.25, 0.3) is 0 Å². The first-order valence-electron chi connectivity index (χ1n) is 6.94. The van der Waals surface area contributed by atoms with Gasteiger partial charge in [-0.2, -0.15) is 0 Å². The first-order chi connectivity index (χ1) is 11.4. The molecule has 1 amide bonds. The Bertz CT molecular complexity index is 822. The summed E-state index contributed by atoms with van der Waals surface area (Å²) in [5.74, 6) is 0.295. The number of amides is 1. The summed E-state index contributed by atoms with van der Waals surface area (Å²) in [6.07, 6.45) is 0.538. The lowest BCUT2D eigenvalue weighted by atomic mass is 10.4. The van der Waals surface area contributed by atoms with E-state index in [1.807, 2.05) is 0 Å². The molecule has 0 aliphatic carbocycles. The lowest BCUT2D eigenvalue weighted by Crippen LogP contribution is -2.34. The topological polar surface area (TPSA) is 97.4 Å². The molecular formula is C15H15N3O4S2. The minimum atomic E-state index is -3.62. The predicted molar refractivity (Wildman–Crippen MR) is 92.5 cm³/mol. The van der Waals surface area contributed by atoms with Crippen LogP contribution in [0.1, 0.15) is 6.92 Å². The number of rotatable bonds is 4. The average Bonchev–Trinajstić information content (AvgIpc) is 2.56. The molecule has 2 aromatic rings. The number of sulfone groups is 1. The van der Waals surface area contributed by atoms with E-state index in [2.05, 4.69) is 20.4 Å². The summed E-state index contributed by atoms with van der Waals surface area (Å²) in [4.78, 5) is 15.5. The molecule has 0 atom stereocenters. The highest BCUT2D eigenvalue weighted by atomic mass is 32.2. The molecule has 0 bridgehead atoms. The summed E-state index contributed by atoms with van der Waals surface area (Å²) in [6, 6.07) is 10.9. The van der Waals surface area contributed by atoms with E-state index < -0.39 is 15.9 Å². The number of alkyl carbamates (subject to hydrolysis) is 1. The molecule has 0 saturated carbocycles. The normalized spacial score (nSPS) is 10.7. The van der Waals surface area contributed by atoms with E-state index in [4.69, 9.17) is 12.2 Å². The van der Waals surface area contributed by atoms with Crippen molar-refractivity contribution in [3.05, 3.63) is 48.7 Å². The Morgan fingerprint density at radius 2 is 1.88 bits per heavy atom. The lowest BCUT2D eigenvalue weighted by molar-refractivity contribution is 0.158. The first-order valence-corrected chi connectivity index (χ1v) is 8.83. The molecule has 0 spiro atoms. The second kappa shape index (κ2) is 7.84. The van der Waals surface area contributed by atoms with Gasteiger partial charge in [0.05, 0.1) is 16.4 Å². The summed E-state index contributed by atoms with van der Waals surface area (Å²) >= 11 is 4.93. The molecule has 0 aliphatic rings. The fraction of sp³-hybridized carbons (Fsp3) is 0.133. The van der Waals surface area contributed by atoms with E-state index in [0.717, 1.165) is 0 Å². The van der Waals surface area contributed by atoms with Crippen LogP contribution in [0, 0.1) is 0 Å². The van der Waals surface area contributed by atoms with Gasteiger partial charge in [0.2, 0.25) is 9.84 Å². The van der Waals surface area contributed by atoms with Crippen LogP contribution in [0.15, 0.2) is 58.5 Å². The minimum absolute atomic E-state index is 0.000355. The van der Waals surface area contributed by atoms with Gasteiger partial charge in [-0.15, -0.1) is 0 Å². The number of thiocarbonyl (C=S) groups is 1. The van der Waals surface area contributed by atoms with Crippen molar-refractivity contribution in [2.24, 2.45) is 0 Å². The number of pyridine rings is 1. The van der Waals surface area contributed by atoms with Gasteiger partial charge in [0.25, 0.3) is 0 Å². The molecular weight excluding hydrogens is 350 g/mol. The van der Waals surface area contributed by atoms with Crippen LogP contribution in [0.3, 0.4) is 0 Å². The zero-order chi connectivity index (χ0) is 17.6. The average molecular weight is 365 g/mol. The Morgan fingerprint density at radius 1 is 1.17 bits per heavy atom. The fourth-order valence-electron chi connectivity index (χ4n) is 1.76. The molecule has 0 saturated heterocycles. The molecule has 1 aromatic heterocycles. The number of hydrogen-bond acceptors (Lipinski definition) is 6. The number of carbonyl (C=O) groups excluding carboxylic acids is 1. The summed E-state index contributed by atoms with van der Waals surface area (Å²) in [5, 5.41) is 4.96. The van der Waals surface area contributed by atoms with E-state index in [0.29, 0.717) is 5.82 Å². The highest BCUT2D eigenvalue weighted by Crippen LogP contribution is 2.20. The first kappa shape index (κ1) is 17.8. The summed E-state index contributed by atoms with van der Waals surface area (Å²) in [6.45, 7) is 1.89. The Hall–Kier alpha value is -2.52. The smallest absolute Gasteiger partial charge is 0.413 e. The quantitative estimate of drug-likeness (QED) is 0.803. The van der Waals surface area contributed by atoms with Crippen molar-refractivity contribution < 1.29 is 17.9 Å². The maximum absolute atomic E-state index is 12.4. The monoisotopic (exact) mass is 365 g/mol. The molecule has 126 valence electrons. The zero-order valence-corrected chi connectivity index (χ0v) is 14.4. The molecule has 0 radical (unpaired) electrons. The molecule has 1 aromatic carbocycles. The van der Waals surface area contributed by atoms with Crippen molar-refractivity contribution >= 4 is 39.1 Å². The van der Waals surface area contributed by atoms with Gasteiger partial charge >= 0.3 is 6.09 Å². The van der Waals surface area contributed by atoms with Crippen LogP contribution < -0.4 is 10.6 Å². The number of ether oxygens (including phenoxy) is 1. The van der Waals surface area contributed by atoms with Gasteiger partial charge in [-0.3, -0.25) is 5.32 Å². The molecule has 0 aliphatic heterocycles. The van der Waals surface area contributed by atoms with Crippen molar-refractivity contribution in [2.45, 2.75) is 16.7 Å². The van der Waals surface area contributed by atoms with Crippen molar-refractivity contribution in [1.29, 1.82) is 0 Å². The van der Waals surface area contributed by atoms with Crippen LogP contribution >= 0.6 is 12.2 Å². The van der Waals surface area contributed by atoms with E-state index >= 15 is 0 Å². The Labute approximate surface area is 145 Å². The lowest BCUT2D eigenvalue weighted by Gasteiger charge is -2.09. The summed E-state index contributed by atoms with van der Waals surface area (Å²) in [7, 11) is -3.62. The summed E-state index contributed by atoms with van der Waals surface area (Å²) in [5.41, 5.74) is 0.